The first kappa shape index (κ1) is 41.0. The lowest BCUT2D eigenvalue weighted by Crippen LogP contribution is -2.59. The minimum Gasteiger partial charge on any atom is -0.457 e. The molecule has 0 aromatic rings. The number of carbonyl (C=O) groups is 1. The Morgan fingerprint density at radius 2 is 1.25 bits per heavy atom. The second-order valence-electron chi connectivity index (χ2n) is 12.3. The summed E-state index contributed by atoms with van der Waals surface area (Å²) < 4.78 is 22.6. The lowest BCUT2D eigenvalue weighted by Gasteiger charge is -2.39. The smallest absolute Gasteiger partial charge is 0.306 e. The fourth-order valence-corrected chi connectivity index (χ4v) is 5.31. The van der Waals surface area contributed by atoms with Crippen molar-refractivity contribution in [3.63, 3.8) is 0 Å². The lowest BCUT2D eigenvalue weighted by molar-refractivity contribution is -0.305. The maximum Gasteiger partial charge on any atom is 0.306 e. The highest BCUT2D eigenvalue weighted by Crippen LogP contribution is 2.22. The van der Waals surface area contributed by atoms with Crippen LogP contribution in [0.25, 0.3) is 0 Å². The highest BCUT2D eigenvalue weighted by Gasteiger charge is 2.44. The number of allylic oxidation sites excluding steroid dienone is 2. The van der Waals surface area contributed by atoms with Gasteiger partial charge in [0.1, 0.15) is 30.5 Å². The van der Waals surface area contributed by atoms with Crippen molar-refractivity contribution in [1.82, 2.24) is 0 Å². The molecular formula is C35H66O9. The molecule has 0 aliphatic carbocycles. The maximum atomic E-state index is 12.5. The Morgan fingerprint density at radius 3 is 1.86 bits per heavy atom. The van der Waals surface area contributed by atoms with Crippen LogP contribution in [0.1, 0.15) is 142 Å². The van der Waals surface area contributed by atoms with Gasteiger partial charge in [0.05, 0.1) is 19.8 Å². The van der Waals surface area contributed by atoms with Gasteiger partial charge < -0.3 is 39.4 Å². The molecule has 0 aromatic carbocycles. The number of aliphatic hydroxyl groups is 4. The van der Waals surface area contributed by atoms with Crippen molar-refractivity contribution in [1.29, 1.82) is 0 Å². The predicted molar refractivity (Wildman–Crippen MR) is 173 cm³/mol. The first-order valence-corrected chi connectivity index (χ1v) is 17.8. The van der Waals surface area contributed by atoms with Gasteiger partial charge in [-0.15, -0.1) is 0 Å². The van der Waals surface area contributed by atoms with Gasteiger partial charge >= 0.3 is 5.97 Å². The number of hydrogen-bond acceptors (Lipinski definition) is 9. The summed E-state index contributed by atoms with van der Waals surface area (Å²) in [7, 11) is 0. The predicted octanol–water partition coefficient (Wildman–Crippen LogP) is 6.13. The number of esters is 1. The Labute approximate surface area is 267 Å². The summed E-state index contributed by atoms with van der Waals surface area (Å²) in [6.45, 7) is 4.47. The van der Waals surface area contributed by atoms with Gasteiger partial charge in [0, 0.05) is 13.0 Å². The number of rotatable bonds is 29. The van der Waals surface area contributed by atoms with Gasteiger partial charge in [0.25, 0.3) is 0 Å². The molecule has 4 N–H and O–H groups in total. The van der Waals surface area contributed by atoms with Gasteiger partial charge in [-0.05, 0) is 38.5 Å². The molecule has 0 radical (unpaired) electrons. The Kier molecular flexibility index (Phi) is 26.2. The molecule has 1 aliphatic rings. The Bertz CT molecular complexity index is 687. The van der Waals surface area contributed by atoms with Crippen LogP contribution < -0.4 is 0 Å². The zero-order valence-electron chi connectivity index (χ0n) is 27.9. The minimum absolute atomic E-state index is 0.112. The fraction of sp³-hybridized carbons (Fsp3) is 0.914. The summed E-state index contributed by atoms with van der Waals surface area (Å²) in [5.74, 6) is -0.323. The van der Waals surface area contributed by atoms with Crippen LogP contribution >= 0.6 is 0 Å². The molecule has 6 unspecified atom stereocenters. The van der Waals surface area contributed by atoms with Crippen molar-refractivity contribution >= 4 is 5.97 Å². The van der Waals surface area contributed by atoms with Crippen molar-refractivity contribution in [2.75, 3.05) is 26.4 Å². The molecule has 9 heteroatoms. The summed E-state index contributed by atoms with van der Waals surface area (Å²) in [5, 5.41) is 39.7. The molecule has 0 saturated carbocycles. The van der Waals surface area contributed by atoms with E-state index in [0.717, 1.165) is 32.1 Å². The van der Waals surface area contributed by atoms with Crippen molar-refractivity contribution in [2.45, 2.75) is 179 Å². The van der Waals surface area contributed by atoms with Gasteiger partial charge in [-0.3, -0.25) is 4.79 Å². The van der Waals surface area contributed by atoms with E-state index < -0.39 is 43.4 Å². The number of ether oxygens (including phenoxy) is 4. The molecule has 1 heterocycles. The highest BCUT2D eigenvalue weighted by atomic mass is 16.7. The molecule has 0 bridgehead atoms. The van der Waals surface area contributed by atoms with E-state index in [2.05, 4.69) is 26.0 Å². The third-order valence-corrected chi connectivity index (χ3v) is 8.18. The normalized spacial score (nSPS) is 22.9. The van der Waals surface area contributed by atoms with Crippen LogP contribution in [0.5, 0.6) is 0 Å². The molecule has 1 fully saturated rings. The summed E-state index contributed by atoms with van der Waals surface area (Å²) in [5.41, 5.74) is 0. The SMILES string of the molecule is CCCCCC/C=C\CCCCCCCCOCC(COC1OC(CO)C(O)C(O)C1O)OC(=O)CCCCCCCCC. The topological polar surface area (TPSA) is 135 Å². The molecule has 0 amide bonds. The molecule has 44 heavy (non-hydrogen) atoms. The van der Waals surface area contributed by atoms with Crippen LogP contribution in [-0.2, 0) is 23.7 Å². The molecule has 1 saturated heterocycles. The molecule has 260 valence electrons. The largest absolute Gasteiger partial charge is 0.457 e. The maximum absolute atomic E-state index is 12.5. The zero-order valence-corrected chi connectivity index (χ0v) is 27.9. The second-order valence-corrected chi connectivity index (χ2v) is 12.3. The number of unbranched alkanes of at least 4 members (excludes halogenated alkanes) is 16. The molecule has 0 spiro atoms. The molecule has 6 atom stereocenters. The monoisotopic (exact) mass is 630 g/mol. The van der Waals surface area contributed by atoms with Gasteiger partial charge in [0.2, 0.25) is 0 Å². The molecule has 1 aliphatic heterocycles. The van der Waals surface area contributed by atoms with E-state index in [-0.39, 0.29) is 19.2 Å². The third-order valence-electron chi connectivity index (χ3n) is 8.18. The van der Waals surface area contributed by atoms with Crippen molar-refractivity contribution in [3.8, 4) is 0 Å². The van der Waals surface area contributed by atoms with E-state index in [9.17, 15) is 25.2 Å². The Morgan fingerprint density at radius 1 is 0.705 bits per heavy atom. The van der Waals surface area contributed by atoms with Gasteiger partial charge in [-0.25, -0.2) is 0 Å². The lowest BCUT2D eigenvalue weighted by atomic mass is 9.99. The summed E-state index contributed by atoms with van der Waals surface area (Å²) >= 11 is 0. The molecule has 0 aromatic heterocycles. The van der Waals surface area contributed by atoms with Crippen LogP contribution in [0.2, 0.25) is 0 Å². The van der Waals surface area contributed by atoms with Crippen LogP contribution in [0.4, 0.5) is 0 Å². The average molecular weight is 631 g/mol. The van der Waals surface area contributed by atoms with Gasteiger partial charge in [0.15, 0.2) is 6.29 Å². The van der Waals surface area contributed by atoms with Crippen molar-refractivity contribution < 1.29 is 44.2 Å². The summed E-state index contributed by atoms with van der Waals surface area (Å²) in [6, 6.07) is 0. The van der Waals surface area contributed by atoms with E-state index in [1.165, 1.54) is 89.9 Å². The minimum atomic E-state index is -1.53. The van der Waals surface area contributed by atoms with Crippen LogP contribution in [0.3, 0.4) is 0 Å². The number of carbonyl (C=O) groups excluding carboxylic acids is 1. The number of aliphatic hydroxyl groups excluding tert-OH is 4. The third kappa shape index (κ3) is 20.1. The first-order valence-electron chi connectivity index (χ1n) is 17.8. The Balaban J connectivity index is 2.33. The Hall–Kier alpha value is -1.07. The van der Waals surface area contributed by atoms with Gasteiger partial charge in [-0.2, -0.15) is 0 Å². The first-order chi connectivity index (χ1) is 21.4. The molecule has 1 rings (SSSR count). The quantitative estimate of drug-likeness (QED) is 0.0437. The van der Waals surface area contributed by atoms with E-state index in [1.54, 1.807) is 0 Å². The summed E-state index contributed by atoms with van der Waals surface area (Å²) in [6.07, 6.45) is 19.7. The van der Waals surface area contributed by atoms with E-state index in [1.807, 2.05) is 0 Å². The van der Waals surface area contributed by atoms with E-state index in [0.29, 0.717) is 13.0 Å². The van der Waals surface area contributed by atoms with Gasteiger partial charge in [-0.1, -0.05) is 109 Å². The van der Waals surface area contributed by atoms with Crippen molar-refractivity contribution in [3.05, 3.63) is 12.2 Å². The molecule has 9 nitrogen and oxygen atoms in total. The fourth-order valence-electron chi connectivity index (χ4n) is 5.31. The zero-order chi connectivity index (χ0) is 32.3. The summed E-state index contributed by atoms with van der Waals surface area (Å²) in [4.78, 5) is 12.5. The van der Waals surface area contributed by atoms with Crippen molar-refractivity contribution in [2.24, 2.45) is 0 Å². The average Bonchev–Trinajstić information content (AvgIpc) is 3.02. The van der Waals surface area contributed by atoms with Crippen LogP contribution in [0, 0.1) is 0 Å². The van der Waals surface area contributed by atoms with E-state index >= 15 is 0 Å². The van der Waals surface area contributed by atoms with Crippen LogP contribution in [0.15, 0.2) is 12.2 Å². The van der Waals surface area contributed by atoms with Crippen LogP contribution in [-0.4, -0.2) is 89.6 Å². The standard InChI is InChI=1S/C35H66O9/c1-3-5-7-9-11-12-13-14-15-16-17-19-21-23-25-41-27-29(43-31(37)24-22-20-18-10-8-6-4-2)28-42-35-34(40)33(39)32(38)30(26-36)44-35/h12-13,29-30,32-36,38-40H,3-11,14-28H2,1-2H3/b13-12-. The highest BCUT2D eigenvalue weighted by molar-refractivity contribution is 5.69. The van der Waals surface area contributed by atoms with E-state index in [4.69, 9.17) is 18.9 Å². The molecular weight excluding hydrogens is 564 g/mol. The second kappa shape index (κ2) is 28.2. The number of hydrogen-bond donors (Lipinski definition) is 4.